The Kier molecular flexibility index (Phi) is 11.0. The Bertz CT molecular complexity index is 1640. The standard InChI is InChI=1S/C28H33N7O2.CH4O3S/c1-6-27(36)31-23-16-24(26(37-5)17-22(23)29-13-9-15-34(2)3)33-28-30-14-12-21(32-28)20-18-35(4)25-11-8-7-10-19(20)25;1-5(2,3)4/h6-8,10-12,14,16-18,29H,1,9,13,15H2,2-5H3,(H,31,36)(H,30,32,33);1H3,(H,2,3,4). The van der Waals surface area contributed by atoms with E-state index in [1.165, 1.54) is 6.08 Å². The smallest absolute Gasteiger partial charge is 0.261 e. The molecule has 0 fully saturated rings. The van der Waals surface area contributed by atoms with Gasteiger partial charge < -0.3 is 30.2 Å². The van der Waals surface area contributed by atoms with Crippen molar-refractivity contribution in [3.8, 4) is 17.0 Å². The minimum Gasteiger partial charge on any atom is -0.494 e. The highest BCUT2D eigenvalue weighted by Gasteiger charge is 2.15. The van der Waals surface area contributed by atoms with Crippen LogP contribution in [-0.4, -0.2) is 78.9 Å². The minimum absolute atomic E-state index is 0.304. The monoisotopic (exact) mass is 595 g/mol. The van der Waals surface area contributed by atoms with Crippen LogP contribution in [0.25, 0.3) is 22.2 Å². The van der Waals surface area contributed by atoms with Gasteiger partial charge >= 0.3 is 0 Å². The van der Waals surface area contributed by atoms with E-state index in [0.29, 0.717) is 29.3 Å². The highest BCUT2D eigenvalue weighted by molar-refractivity contribution is 7.85. The molecule has 0 atom stereocenters. The lowest BCUT2D eigenvalue weighted by Crippen LogP contribution is -2.17. The summed E-state index contributed by atoms with van der Waals surface area (Å²) in [6.07, 6.45) is 6.69. The van der Waals surface area contributed by atoms with E-state index in [4.69, 9.17) is 14.3 Å². The van der Waals surface area contributed by atoms with Crippen molar-refractivity contribution in [3.63, 3.8) is 0 Å². The van der Waals surface area contributed by atoms with Gasteiger partial charge in [0.2, 0.25) is 11.9 Å². The molecular weight excluding hydrogens is 558 g/mol. The number of aryl methyl sites for hydroxylation is 1. The van der Waals surface area contributed by atoms with Crippen LogP contribution in [0.5, 0.6) is 5.75 Å². The van der Waals surface area contributed by atoms with E-state index >= 15 is 0 Å². The summed E-state index contributed by atoms with van der Waals surface area (Å²) >= 11 is 0. The molecule has 224 valence electrons. The third-order valence-electron chi connectivity index (χ3n) is 5.96. The van der Waals surface area contributed by atoms with Crippen molar-refractivity contribution in [3.05, 3.63) is 67.5 Å². The molecule has 13 heteroatoms. The molecule has 0 aliphatic rings. The second-order valence-electron chi connectivity index (χ2n) is 9.67. The summed E-state index contributed by atoms with van der Waals surface area (Å²) in [5.74, 6) is 0.698. The first-order chi connectivity index (χ1) is 19.9. The molecule has 4 N–H and O–H groups in total. The Morgan fingerprint density at radius 2 is 1.88 bits per heavy atom. The number of hydrogen-bond donors (Lipinski definition) is 4. The number of aromatic nitrogens is 3. The van der Waals surface area contributed by atoms with Crippen LogP contribution >= 0.6 is 0 Å². The van der Waals surface area contributed by atoms with Gasteiger partial charge in [-0.05, 0) is 51.3 Å². The zero-order valence-electron chi connectivity index (χ0n) is 24.4. The summed E-state index contributed by atoms with van der Waals surface area (Å²) < 4.78 is 33.6. The van der Waals surface area contributed by atoms with Gasteiger partial charge in [0.15, 0.2) is 0 Å². The Morgan fingerprint density at radius 3 is 2.55 bits per heavy atom. The van der Waals surface area contributed by atoms with Crippen LogP contribution in [0.2, 0.25) is 0 Å². The third kappa shape index (κ3) is 9.29. The van der Waals surface area contributed by atoms with E-state index in [-0.39, 0.29) is 5.91 Å². The van der Waals surface area contributed by atoms with E-state index in [9.17, 15) is 13.2 Å². The molecular formula is C29H37N7O5S. The highest BCUT2D eigenvalue weighted by Crippen LogP contribution is 2.37. The first-order valence-electron chi connectivity index (χ1n) is 13.0. The van der Waals surface area contributed by atoms with Gasteiger partial charge in [-0.15, -0.1) is 0 Å². The molecule has 1 amide bonds. The fourth-order valence-corrected chi connectivity index (χ4v) is 4.13. The molecule has 2 aromatic heterocycles. The van der Waals surface area contributed by atoms with Crippen LogP contribution in [0.1, 0.15) is 6.42 Å². The van der Waals surface area contributed by atoms with Crippen molar-refractivity contribution in [2.75, 3.05) is 56.5 Å². The molecule has 12 nitrogen and oxygen atoms in total. The van der Waals surface area contributed by atoms with Gasteiger partial charge in [-0.3, -0.25) is 9.35 Å². The van der Waals surface area contributed by atoms with Crippen LogP contribution in [0, 0.1) is 0 Å². The molecule has 0 saturated heterocycles. The summed E-state index contributed by atoms with van der Waals surface area (Å²) in [6.45, 7) is 5.25. The number of carbonyl (C=O) groups is 1. The molecule has 0 radical (unpaired) electrons. The van der Waals surface area contributed by atoms with Crippen LogP contribution in [0.4, 0.5) is 23.0 Å². The Morgan fingerprint density at radius 1 is 1.17 bits per heavy atom. The number of hydrogen-bond acceptors (Lipinski definition) is 9. The van der Waals surface area contributed by atoms with E-state index in [2.05, 4.69) is 55.3 Å². The molecule has 0 saturated carbocycles. The number of nitrogens with one attached hydrogen (secondary N) is 3. The second-order valence-corrected chi connectivity index (χ2v) is 11.1. The average Bonchev–Trinajstić information content (AvgIpc) is 3.27. The maximum Gasteiger partial charge on any atom is 0.261 e. The second kappa shape index (κ2) is 14.4. The van der Waals surface area contributed by atoms with Crippen molar-refractivity contribution >= 4 is 49.9 Å². The summed E-state index contributed by atoms with van der Waals surface area (Å²) in [5, 5.41) is 10.7. The topological polar surface area (TPSA) is 151 Å². The number of benzene rings is 2. The molecule has 42 heavy (non-hydrogen) atoms. The number of para-hydroxylation sites is 1. The molecule has 4 rings (SSSR count). The molecule has 0 spiro atoms. The molecule has 0 bridgehead atoms. The predicted molar refractivity (Wildman–Crippen MR) is 168 cm³/mol. The van der Waals surface area contributed by atoms with Crippen molar-refractivity contribution in [2.24, 2.45) is 7.05 Å². The highest BCUT2D eigenvalue weighted by atomic mass is 32.2. The van der Waals surface area contributed by atoms with Crippen molar-refractivity contribution in [1.82, 2.24) is 19.4 Å². The van der Waals surface area contributed by atoms with Crippen LogP contribution in [0.15, 0.2) is 67.5 Å². The molecule has 2 heterocycles. The number of amides is 1. The van der Waals surface area contributed by atoms with Crippen LogP contribution in [0.3, 0.4) is 0 Å². The average molecular weight is 596 g/mol. The lowest BCUT2D eigenvalue weighted by molar-refractivity contribution is -0.111. The number of carbonyl (C=O) groups excluding carboxylic acids is 1. The maximum absolute atomic E-state index is 12.1. The number of anilines is 4. The minimum atomic E-state index is -3.67. The molecule has 0 aliphatic heterocycles. The Balaban J connectivity index is 0.000000892. The zero-order valence-corrected chi connectivity index (χ0v) is 25.2. The third-order valence-corrected chi connectivity index (χ3v) is 5.96. The van der Waals surface area contributed by atoms with Gasteiger partial charge in [-0.2, -0.15) is 8.42 Å². The summed E-state index contributed by atoms with van der Waals surface area (Å²) in [6, 6.07) is 13.8. The van der Waals surface area contributed by atoms with Gasteiger partial charge in [-0.25, -0.2) is 9.97 Å². The molecule has 0 unspecified atom stereocenters. The summed E-state index contributed by atoms with van der Waals surface area (Å²) in [7, 11) is 4.03. The summed E-state index contributed by atoms with van der Waals surface area (Å²) in [4.78, 5) is 23.5. The normalized spacial score (nSPS) is 11.0. The van der Waals surface area contributed by atoms with Crippen LogP contribution in [-0.2, 0) is 22.0 Å². The fraction of sp³-hybridized carbons (Fsp3) is 0.276. The number of fused-ring (bicyclic) bond motifs is 1. The lowest BCUT2D eigenvalue weighted by Gasteiger charge is -2.18. The Labute approximate surface area is 246 Å². The van der Waals surface area contributed by atoms with Gasteiger partial charge in [0.1, 0.15) is 5.75 Å². The van der Waals surface area contributed by atoms with Gasteiger partial charge in [0.25, 0.3) is 10.1 Å². The molecule has 2 aromatic carbocycles. The number of methoxy groups -OCH3 is 1. The van der Waals surface area contributed by atoms with E-state index < -0.39 is 10.1 Å². The lowest BCUT2D eigenvalue weighted by atomic mass is 10.1. The predicted octanol–water partition coefficient (Wildman–Crippen LogP) is 4.38. The largest absolute Gasteiger partial charge is 0.494 e. The summed E-state index contributed by atoms with van der Waals surface area (Å²) in [5.41, 5.74) is 4.92. The fourth-order valence-electron chi connectivity index (χ4n) is 4.13. The van der Waals surface area contributed by atoms with Crippen molar-refractivity contribution < 1.29 is 22.5 Å². The maximum atomic E-state index is 12.1. The SMILES string of the molecule is C=CC(=O)Nc1cc(Nc2nccc(-c3cn(C)c4ccccc34)n2)c(OC)cc1NCCCN(C)C.CS(=O)(=O)O. The van der Waals surface area contributed by atoms with Crippen molar-refractivity contribution in [2.45, 2.75) is 6.42 Å². The number of ether oxygens (including phenoxy) is 1. The molecule has 4 aromatic rings. The quantitative estimate of drug-likeness (QED) is 0.112. The van der Waals surface area contributed by atoms with Crippen LogP contribution < -0.4 is 20.7 Å². The van der Waals surface area contributed by atoms with Gasteiger partial charge in [0.05, 0.1) is 36.1 Å². The van der Waals surface area contributed by atoms with Gasteiger partial charge in [0, 0.05) is 48.5 Å². The zero-order chi connectivity index (χ0) is 30.9. The molecule has 0 aliphatic carbocycles. The number of nitrogens with zero attached hydrogens (tertiary/aromatic N) is 4. The Hall–Kier alpha value is -4.46. The first-order valence-corrected chi connectivity index (χ1v) is 14.9. The first kappa shape index (κ1) is 32.1. The van der Waals surface area contributed by atoms with Crippen molar-refractivity contribution in [1.29, 1.82) is 0 Å². The number of rotatable bonds is 11. The van der Waals surface area contributed by atoms with Gasteiger partial charge in [-0.1, -0.05) is 24.8 Å². The van der Waals surface area contributed by atoms with E-state index in [1.54, 1.807) is 13.3 Å². The van der Waals surface area contributed by atoms with E-state index in [1.807, 2.05) is 51.5 Å². The van der Waals surface area contributed by atoms with E-state index in [0.717, 1.165) is 47.4 Å².